The fraction of sp³-hybridized carbons (Fsp3) is 0.308. The van der Waals surface area contributed by atoms with Gasteiger partial charge in [-0.15, -0.1) is 0 Å². The number of rotatable bonds is 1. The molecule has 2 heterocycles. The Morgan fingerprint density at radius 3 is 3.12 bits per heavy atom. The molecule has 0 saturated heterocycles. The summed E-state index contributed by atoms with van der Waals surface area (Å²) in [5.74, 6) is 0. The maximum Gasteiger partial charge on any atom is 0.0568 e. The summed E-state index contributed by atoms with van der Waals surface area (Å²) in [5.41, 5.74) is 5.47. The molecule has 0 spiro atoms. The monoisotopic (exact) mass is 213 g/mol. The van der Waals surface area contributed by atoms with Gasteiger partial charge in [0.1, 0.15) is 0 Å². The Kier molecular flexibility index (Phi) is 2.26. The smallest absolute Gasteiger partial charge is 0.0568 e. The van der Waals surface area contributed by atoms with E-state index in [1.54, 1.807) is 0 Å². The molecular weight excluding hydrogens is 198 g/mol. The highest BCUT2D eigenvalue weighted by atomic mass is 15.2. The molecule has 0 aliphatic carbocycles. The summed E-state index contributed by atoms with van der Waals surface area (Å²) in [7, 11) is 1.96. The minimum Gasteiger partial charge on any atom is -0.312 e. The van der Waals surface area contributed by atoms with Crippen molar-refractivity contribution < 1.29 is 0 Å². The van der Waals surface area contributed by atoms with Crippen molar-refractivity contribution in [2.24, 2.45) is 7.05 Å². The minimum atomic E-state index is 0.990. The van der Waals surface area contributed by atoms with Crippen LogP contribution in [0.4, 0.5) is 0 Å². The minimum absolute atomic E-state index is 0.990. The lowest BCUT2D eigenvalue weighted by atomic mass is 9.93. The predicted molar refractivity (Wildman–Crippen MR) is 64.1 cm³/mol. The third-order valence-corrected chi connectivity index (χ3v) is 3.16. The van der Waals surface area contributed by atoms with Crippen LogP contribution in [0.5, 0.6) is 0 Å². The molecule has 1 aliphatic heterocycles. The molecule has 1 aromatic heterocycles. The quantitative estimate of drug-likeness (QED) is 0.782. The third-order valence-electron chi connectivity index (χ3n) is 3.16. The van der Waals surface area contributed by atoms with Crippen molar-refractivity contribution in [3.8, 4) is 11.1 Å². The van der Waals surface area contributed by atoms with E-state index in [0.717, 1.165) is 19.5 Å². The zero-order chi connectivity index (χ0) is 11.0. The molecule has 0 bridgehead atoms. The van der Waals surface area contributed by atoms with E-state index in [9.17, 15) is 0 Å². The van der Waals surface area contributed by atoms with E-state index >= 15 is 0 Å². The van der Waals surface area contributed by atoms with Gasteiger partial charge in [0.05, 0.1) is 6.20 Å². The summed E-state index contributed by atoms with van der Waals surface area (Å²) in [6.07, 6.45) is 5.13. The van der Waals surface area contributed by atoms with E-state index in [2.05, 4.69) is 34.8 Å². The third kappa shape index (κ3) is 1.53. The molecule has 3 heteroatoms. The number of hydrogen-bond donors (Lipinski definition) is 1. The molecule has 0 fully saturated rings. The standard InChI is InChI=1S/C13H15N3/c1-16-9-11(8-15-16)12-4-2-3-10-7-14-6-5-13(10)12/h2-4,8-9,14H,5-7H2,1H3. The first-order valence-corrected chi connectivity index (χ1v) is 5.65. The molecule has 1 aromatic carbocycles. The zero-order valence-electron chi connectivity index (χ0n) is 9.40. The van der Waals surface area contributed by atoms with Crippen LogP contribution in [0.2, 0.25) is 0 Å². The van der Waals surface area contributed by atoms with Crippen LogP contribution in [0.15, 0.2) is 30.6 Å². The summed E-state index contributed by atoms with van der Waals surface area (Å²) in [6, 6.07) is 6.54. The lowest BCUT2D eigenvalue weighted by molar-refractivity contribution is 0.645. The molecule has 0 radical (unpaired) electrons. The predicted octanol–water partition coefficient (Wildman–Crippen LogP) is 1.73. The summed E-state index contributed by atoms with van der Waals surface area (Å²) >= 11 is 0. The van der Waals surface area contributed by atoms with Gasteiger partial charge in [-0.25, -0.2) is 0 Å². The Balaban J connectivity index is 2.13. The van der Waals surface area contributed by atoms with Crippen molar-refractivity contribution in [1.29, 1.82) is 0 Å². The highest BCUT2D eigenvalue weighted by molar-refractivity contribution is 5.68. The van der Waals surface area contributed by atoms with Crippen LogP contribution in [0, 0.1) is 0 Å². The van der Waals surface area contributed by atoms with Crippen molar-refractivity contribution in [3.05, 3.63) is 41.7 Å². The van der Waals surface area contributed by atoms with Crippen molar-refractivity contribution in [1.82, 2.24) is 15.1 Å². The summed E-state index contributed by atoms with van der Waals surface area (Å²) < 4.78 is 1.86. The van der Waals surface area contributed by atoms with Crippen molar-refractivity contribution in [3.63, 3.8) is 0 Å². The van der Waals surface area contributed by atoms with Gasteiger partial charge in [-0.05, 0) is 29.7 Å². The van der Waals surface area contributed by atoms with Crippen LogP contribution in [-0.4, -0.2) is 16.3 Å². The van der Waals surface area contributed by atoms with Gasteiger partial charge < -0.3 is 5.32 Å². The van der Waals surface area contributed by atoms with Gasteiger partial charge in [-0.1, -0.05) is 18.2 Å². The highest BCUT2D eigenvalue weighted by Crippen LogP contribution is 2.27. The lowest BCUT2D eigenvalue weighted by Gasteiger charge is -2.19. The molecule has 0 atom stereocenters. The molecule has 2 aromatic rings. The SMILES string of the molecule is Cn1cc(-c2cccc3c2CCNC3)cn1. The van der Waals surface area contributed by atoms with Crippen LogP contribution in [0.1, 0.15) is 11.1 Å². The van der Waals surface area contributed by atoms with Crippen LogP contribution >= 0.6 is 0 Å². The van der Waals surface area contributed by atoms with E-state index in [-0.39, 0.29) is 0 Å². The second-order valence-electron chi connectivity index (χ2n) is 4.27. The first-order chi connectivity index (χ1) is 7.84. The van der Waals surface area contributed by atoms with Crippen molar-refractivity contribution in [2.75, 3.05) is 6.54 Å². The topological polar surface area (TPSA) is 29.9 Å². The van der Waals surface area contributed by atoms with Gasteiger partial charge >= 0.3 is 0 Å². The van der Waals surface area contributed by atoms with Gasteiger partial charge in [0, 0.05) is 25.4 Å². The fourth-order valence-corrected chi connectivity index (χ4v) is 2.36. The lowest BCUT2D eigenvalue weighted by Crippen LogP contribution is -2.23. The molecule has 0 unspecified atom stereocenters. The molecule has 3 rings (SSSR count). The molecule has 1 aliphatic rings. The van der Waals surface area contributed by atoms with Gasteiger partial charge in [0.25, 0.3) is 0 Å². The first-order valence-electron chi connectivity index (χ1n) is 5.65. The van der Waals surface area contributed by atoms with E-state index in [4.69, 9.17) is 0 Å². The summed E-state index contributed by atoms with van der Waals surface area (Å²) in [4.78, 5) is 0. The zero-order valence-corrected chi connectivity index (χ0v) is 9.40. The summed E-state index contributed by atoms with van der Waals surface area (Å²) in [6.45, 7) is 2.06. The number of hydrogen-bond acceptors (Lipinski definition) is 2. The van der Waals surface area contributed by atoms with E-state index in [1.165, 1.54) is 22.3 Å². The average Bonchev–Trinajstić information content (AvgIpc) is 2.75. The maximum atomic E-state index is 4.24. The van der Waals surface area contributed by atoms with Gasteiger partial charge in [0.15, 0.2) is 0 Å². The van der Waals surface area contributed by atoms with E-state index < -0.39 is 0 Å². The molecule has 82 valence electrons. The molecule has 16 heavy (non-hydrogen) atoms. The molecular formula is C13H15N3. The Hall–Kier alpha value is -1.61. The van der Waals surface area contributed by atoms with Crippen LogP contribution in [0.25, 0.3) is 11.1 Å². The van der Waals surface area contributed by atoms with Crippen molar-refractivity contribution >= 4 is 0 Å². The first kappa shape index (κ1) is 9.60. The molecule has 3 nitrogen and oxygen atoms in total. The number of aryl methyl sites for hydroxylation is 1. The van der Waals surface area contributed by atoms with Crippen molar-refractivity contribution in [2.45, 2.75) is 13.0 Å². The Morgan fingerprint density at radius 1 is 1.38 bits per heavy atom. The molecule has 0 saturated carbocycles. The van der Waals surface area contributed by atoms with E-state index in [1.807, 2.05) is 17.9 Å². The number of fused-ring (bicyclic) bond motifs is 1. The highest BCUT2D eigenvalue weighted by Gasteiger charge is 2.13. The fourth-order valence-electron chi connectivity index (χ4n) is 2.36. The van der Waals surface area contributed by atoms with E-state index in [0.29, 0.717) is 0 Å². The summed E-state index contributed by atoms with van der Waals surface area (Å²) in [5, 5.41) is 7.65. The number of nitrogens with one attached hydrogen (secondary N) is 1. The van der Waals surface area contributed by atoms with Crippen LogP contribution in [0.3, 0.4) is 0 Å². The average molecular weight is 213 g/mol. The number of nitrogens with zero attached hydrogens (tertiary/aromatic N) is 2. The van der Waals surface area contributed by atoms with Gasteiger partial charge in [-0.2, -0.15) is 5.10 Å². The number of benzene rings is 1. The molecule has 1 N–H and O–H groups in total. The maximum absolute atomic E-state index is 4.24. The number of aromatic nitrogens is 2. The Bertz CT molecular complexity index is 514. The van der Waals surface area contributed by atoms with Crippen LogP contribution < -0.4 is 5.32 Å². The largest absolute Gasteiger partial charge is 0.312 e. The van der Waals surface area contributed by atoms with Gasteiger partial charge in [0.2, 0.25) is 0 Å². The normalized spacial score (nSPS) is 14.8. The Morgan fingerprint density at radius 2 is 2.31 bits per heavy atom. The second-order valence-corrected chi connectivity index (χ2v) is 4.27. The molecule has 0 amide bonds. The Labute approximate surface area is 95.1 Å². The second kappa shape index (κ2) is 3.76. The van der Waals surface area contributed by atoms with Crippen LogP contribution in [-0.2, 0) is 20.0 Å². The van der Waals surface area contributed by atoms with Gasteiger partial charge in [-0.3, -0.25) is 4.68 Å².